The summed E-state index contributed by atoms with van der Waals surface area (Å²) in [4.78, 5) is 48.7. The summed E-state index contributed by atoms with van der Waals surface area (Å²) in [6.45, 7) is 5.39. The Bertz CT molecular complexity index is 1810. The first-order valence-corrected chi connectivity index (χ1v) is 15.5. The van der Waals surface area contributed by atoms with Gasteiger partial charge in [0, 0.05) is 30.8 Å². The normalized spacial score (nSPS) is 11.7. The summed E-state index contributed by atoms with van der Waals surface area (Å²) in [5, 5.41) is 24.5. The number of aliphatic carboxylic acids is 1. The number of nitro groups is 1. The number of carbonyl (C=O) groups excluding carboxylic acids is 2. The zero-order valence-electron chi connectivity index (χ0n) is 27.3. The van der Waals surface area contributed by atoms with Crippen LogP contribution in [0.1, 0.15) is 60.5 Å². The summed E-state index contributed by atoms with van der Waals surface area (Å²) in [6, 6.07) is 13.3. The molecule has 0 fully saturated rings. The van der Waals surface area contributed by atoms with E-state index < -0.39 is 16.9 Å². The molecule has 0 aliphatic heterocycles. The summed E-state index contributed by atoms with van der Waals surface area (Å²) < 4.78 is 19.1. The van der Waals surface area contributed by atoms with Gasteiger partial charge >= 0.3 is 11.9 Å². The maximum atomic E-state index is 14.0. The quantitative estimate of drug-likeness (QED) is 0.0313. The number of aromatic nitrogens is 1. The number of nitrogens with zero attached hydrogens (tertiary/aromatic N) is 2. The Morgan fingerprint density at radius 2 is 1.57 bits per heavy atom. The molecule has 1 unspecified atom stereocenters. The third-order valence-corrected chi connectivity index (χ3v) is 8.15. The number of non-ortho nitro benzene ring substituents is 1. The molecule has 47 heavy (non-hydrogen) atoms. The van der Waals surface area contributed by atoms with Gasteiger partial charge in [0.05, 0.1) is 34.3 Å². The van der Waals surface area contributed by atoms with Crippen molar-refractivity contribution in [2.75, 3.05) is 20.3 Å². The lowest BCUT2D eigenvalue weighted by Crippen LogP contribution is -2.32. The van der Waals surface area contributed by atoms with Gasteiger partial charge in [0.15, 0.2) is 6.61 Å². The van der Waals surface area contributed by atoms with E-state index in [1.165, 1.54) is 19.2 Å². The number of amides is 1. The summed E-state index contributed by atoms with van der Waals surface area (Å²) in [5.41, 5.74) is 2.45. The predicted octanol–water partition coefficient (Wildman–Crippen LogP) is 5.74. The molecule has 12 heteroatoms. The van der Waals surface area contributed by atoms with Crippen LogP contribution in [0, 0.1) is 29.9 Å². The highest BCUT2D eigenvalue weighted by Gasteiger charge is 2.27. The fraction of sp³-hybridized carbons (Fsp3) is 0.371. The highest BCUT2D eigenvalue weighted by molar-refractivity contribution is 6.14. The summed E-state index contributed by atoms with van der Waals surface area (Å²) >= 11 is 0. The van der Waals surface area contributed by atoms with Crippen LogP contribution in [0.4, 0.5) is 5.69 Å². The second-order valence-corrected chi connectivity index (χ2v) is 11.5. The van der Waals surface area contributed by atoms with E-state index in [4.69, 9.17) is 14.2 Å². The Hall–Kier alpha value is -5.26. The molecule has 1 heterocycles. The van der Waals surface area contributed by atoms with Gasteiger partial charge in [-0.3, -0.25) is 19.7 Å². The molecular formula is C35H40N3O9+. The number of carboxylic acid groups (broad SMARTS) is 1. The third-order valence-electron chi connectivity index (χ3n) is 8.15. The van der Waals surface area contributed by atoms with E-state index in [2.05, 4.69) is 5.32 Å². The number of fused-ring (bicyclic) bond motifs is 2. The van der Waals surface area contributed by atoms with E-state index in [0.717, 1.165) is 11.9 Å². The molecule has 4 rings (SSSR count). The lowest BCUT2D eigenvalue weighted by atomic mass is 9.97. The smallest absolute Gasteiger partial charge is 0.345 e. The van der Waals surface area contributed by atoms with Gasteiger partial charge in [0.1, 0.15) is 24.3 Å². The van der Waals surface area contributed by atoms with E-state index in [1.807, 2.05) is 24.6 Å². The van der Waals surface area contributed by atoms with Crippen LogP contribution in [-0.4, -0.2) is 48.1 Å². The van der Waals surface area contributed by atoms with Crippen LogP contribution in [0.3, 0.4) is 0 Å². The third kappa shape index (κ3) is 8.13. The number of methoxy groups -OCH3 is 1. The highest BCUT2D eigenvalue weighted by atomic mass is 16.6. The molecule has 2 N–H and O–H groups in total. The number of benzene rings is 3. The first-order chi connectivity index (χ1) is 22.4. The molecule has 0 aliphatic carbocycles. The molecule has 1 aromatic heterocycles. The average Bonchev–Trinajstić information content (AvgIpc) is 3.04. The standard InChI is InChI=1S/C35H39N3O9/c1-6-9-23(34(40)41)10-7-8-15-36-31(39)20-46-26-12-14-30-28(19-26)32(27-18-25(45-5)11-13-29(27)37(30)4)35(42)47-33-21(2)16-24(38(43)44)17-22(33)3/h11-14,16-19,23H,6-10,15,20H2,1-5H3,(H-,36,39,40,41)/p+1. The molecule has 0 radical (unpaired) electrons. The van der Waals surface area contributed by atoms with Gasteiger partial charge in [0.2, 0.25) is 11.0 Å². The Labute approximate surface area is 272 Å². The molecule has 0 aliphatic rings. The van der Waals surface area contributed by atoms with Crippen molar-refractivity contribution in [1.29, 1.82) is 0 Å². The predicted molar refractivity (Wildman–Crippen MR) is 175 cm³/mol. The van der Waals surface area contributed by atoms with Crippen molar-refractivity contribution in [1.82, 2.24) is 5.32 Å². The Morgan fingerprint density at radius 3 is 2.15 bits per heavy atom. The largest absolute Gasteiger partial charge is 0.497 e. The van der Waals surface area contributed by atoms with Crippen LogP contribution in [0.25, 0.3) is 21.8 Å². The number of ether oxygens (including phenoxy) is 3. The van der Waals surface area contributed by atoms with Crippen LogP contribution in [-0.2, 0) is 16.6 Å². The van der Waals surface area contributed by atoms with Gasteiger partial charge in [-0.25, -0.2) is 4.79 Å². The Balaban J connectivity index is 1.59. The van der Waals surface area contributed by atoms with Gasteiger partial charge in [-0.15, -0.1) is 0 Å². The number of hydrogen-bond acceptors (Lipinski definition) is 8. The zero-order chi connectivity index (χ0) is 34.2. The van der Waals surface area contributed by atoms with Crippen LogP contribution < -0.4 is 24.1 Å². The maximum Gasteiger partial charge on any atom is 0.345 e. The van der Waals surface area contributed by atoms with Gasteiger partial charge in [-0.05, 0) is 68.5 Å². The second kappa shape index (κ2) is 15.4. The molecule has 0 saturated carbocycles. The number of pyridine rings is 1. The van der Waals surface area contributed by atoms with E-state index >= 15 is 0 Å². The van der Waals surface area contributed by atoms with Crippen LogP contribution >= 0.6 is 0 Å². The minimum absolute atomic E-state index is 0.100. The SMILES string of the molecule is CCCC(CCCCNC(=O)COc1ccc2c(c1)c(C(=O)Oc1c(C)cc([N+](=O)[O-])cc1C)c1cc(OC)ccc1[n+]2C)C(=O)O. The molecule has 4 aromatic rings. The van der Waals surface area contributed by atoms with Gasteiger partial charge in [-0.2, -0.15) is 4.57 Å². The lowest BCUT2D eigenvalue weighted by Gasteiger charge is -2.14. The number of aryl methyl sites for hydroxylation is 3. The monoisotopic (exact) mass is 646 g/mol. The topological polar surface area (TPSA) is 158 Å². The molecule has 3 aromatic carbocycles. The van der Waals surface area contributed by atoms with Crippen LogP contribution in [0.2, 0.25) is 0 Å². The lowest BCUT2D eigenvalue weighted by molar-refractivity contribution is -0.617. The van der Waals surface area contributed by atoms with Crippen molar-refractivity contribution in [3.05, 3.63) is 75.3 Å². The maximum absolute atomic E-state index is 14.0. The number of hydrogen-bond donors (Lipinski definition) is 2. The molecule has 1 amide bonds. The molecule has 248 valence electrons. The summed E-state index contributed by atoms with van der Waals surface area (Å²) in [7, 11) is 3.39. The summed E-state index contributed by atoms with van der Waals surface area (Å²) in [6.07, 6.45) is 3.36. The fourth-order valence-electron chi connectivity index (χ4n) is 5.75. The van der Waals surface area contributed by atoms with Crippen molar-refractivity contribution in [2.24, 2.45) is 13.0 Å². The molecule has 12 nitrogen and oxygen atoms in total. The first kappa shape index (κ1) is 34.6. The van der Waals surface area contributed by atoms with E-state index in [9.17, 15) is 29.6 Å². The number of nitrogens with one attached hydrogen (secondary N) is 1. The molecule has 0 bridgehead atoms. The Morgan fingerprint density at radius 1 is 0.957 bits per heavy atom. The number of esters is 1. The van der Waals surface area contributed by atoms with Crippen molar-refractivity contribution in [3.63, 3.8) is 0 Å². The molecular weight excluding hydrogens is 606 g/mol. The van der Waals surface area contributed by atoms with E-state index in [-0.39, 0.29) is 35.4 Å². The van der Waals surface area contributed by atoms with Crippen molar-refractivity contribution in [2.45, 2.75) is 52.9 Å². The zero-order valence-corrected chi connectivity index (χ0v) is 27.3. The molecule has 0 spiro atoms. The van der Waals surface area contributed by atoms with Crippen LogP contribution in [0.5, 0.6) is 17.2 Å². The van der Waals surface area contributed by atoms with Crippen LogP contribution in [0.15, 0.2) is 48.5 Å². The highest BCUT2D eigenvalue weighted by Crippen LogP contribution is 2.33. The van der Waals surface area contributed by atoms with Crippen molar-refractivity contribution >= 4 is 45.3 Å². The van der Waals surface area contributed by atoms with E-state index in [1.54, 1.807) is 44.2 Å². The number of nitro benzene ring substituents is 1. The fourth-order valence-corrected chi connectivity index (χ4v) is 5.75. The average molecular weight is 647 g/mol. The first-order valence-electron chi connectivity index (χ1n) is 15.5. The minimum atomic E-state index is -0.784. The van der Waals surface area contributed by atoms with Gasteiger partial charge < -0.3 is 24.6 Å². The van der Waals surface area contributed by atoms with Crippen molar-refractivity contribution < 1.29 is 43.2 Å². The molecule has 0 saturated heterocycles. The Kier molecular flexibility index (Phi) is 11.3. The minimum Gasteiger partial charge on any atom is -0.497 e. The molecule has 1 atom stereocenters. The second-order valence-electron chi connectivity index (χ2n) is 11.5. The number of unbranched alkanes of at least 4 members (excludes halogenated alkanes) is 1. The number of carbonyl (C=O) groups is 3. The summed E-state index contributed by atoms with van der Waals surface area (Å²) in [5.74, 6) is -1.04. The van der Waals surface area contributed by atoms with Gasteiger partial charge in [0.25, 0.3) is 11.6 Å². The van der Waals surface area contributed by atoms with Gasteiger partial charge in [-0.1, -0.05) is 19.8 Å². The number of carboxylic acids is 1. The van der Waals surface area contributed by atoms with E-state index in [0.29, 0.717) is 71.1 Å². The van der Waals surface area contributed by atoms with Crippen molar-refractivity contribution in [3.8, 4) is 17.2 Å². The number of rotatable bonds is 15.